The molecule has 2 rings (SSSR count). The Bertz CT molecular complexity index is 500. The van der Waals surface area contributed by atoms with Crippen molar-refractivity contribution in [1.29, 1.82) is 0 Å². The van der Waals surface area contributed by atoms with Gasteiger partial charge in [-0.15, -0.1) is 0 Å². The first-order valence-electron chi connectivity index (χ1n) is 5.75. The summed E-state index contributed by atoms with van der Waals surface area (Å²) in [5, 5.41) is 0. The van der Waals surface area contributed by atoms with Crippen LogP contribution in [0.5, 0.6) is 0 Å². The number of halogens is 1. The minimum absolute atomic E-state index is 0.177. The van der Waals surface area contributed by atoms with Crippen LogP contribution in [0.2, 0.25) is 0 Å². The second-order valence-electron chi connectivity index (χ2n) is 4.08. The Balaban J connectivity index is 2.14. The van der Waals surface area contributed by atoms with E-state index in [0.29, 0.717) is 5.56 Å². The third-order valence-electron chi connectivity index (χ3n) is 2.80. The standard InChI is InChI=1S/C16H15F/c1-13(14-7-3-2-4-8-14)11-12-15-9-5-6-10-16(15)17/h2-13H,1H3. The summed E-state index contributed by atoms with van der Waals surface area (Å²) in [7, 11) is 0. The fourth-order valence-corrected chi connectivity index (χ4v) is 1.73. The number of hydrogen-bond donors (Lipinski definition) is 0. The van der Waals surface area contributed by atoms with Gasteiger partial charge in [-0.1, -0.05) is 67.6 Å². The monoisotopic (exact) mass is 226 g/mol. The lowest BCUT2D eigenvalue weighted by molar-refractivity contribution is 0.625. The molecule has 0 nitrogen and oxygen atoms in total. The van der Waals surface area contributed by atoms with E-state index in [1.54, 1.807) is 12.1 Å². The van der Waals surface area contributed by atoms with Crippen LogP contribution in [0.15, 0.2) is 60.7 Å². The summed E-state index contributed by atoms with van der Waals surface area (Å²) in [5.74, 6) is 0.111. The molecule has 0 amide bonds. The van der Waals surface area contributed by atoms with Crippen LogP contribution in [0.1, 0.15) is 24.0 Å². The van der Waals surface area contributed by atoms with Crippen molar-refractivity contribution in [3.05, 3.63) is 77.6 Å². The van der Waals surface area contributed by atoms with Crippen LogP contribution in [-0.4, -0.2) is 0 Å². The molecule has 17 heavy (non-hydrogen) atoms. The molecule has 0 aliphatic rings. The Kier molecular flexibility index (Phi) is 3.71. The number of benzene rings is 2. The molecule has 0 aromatic heterocycles. The van der Waals surface area contributed by atoms with Gasteiger partial charge in [0.05, 0.1) is 0 Å². The number of hydrogen-bond acceptors (Lipinski definition) is 0. The molecule has 0 bridgehead atoms. The van der Waals surface area contributed by atoms with Gasteiger partial charge in [-0.25, -0.2) is 4.39 Å². The van der Waals surface area contributed by atoms with Crippen molar-refractivity contribution in [2.75, 3.05) is 0 Å². The molecule has 0 spiro atoms. The molecule has 1 unspecified atom stereocenters. The highest BCUT2D eigenvalue weighted by atomic mass is 19.1. The van der Waals surface area contributed by atoms with Gasteiger partial charge in [-0.3, -0.25) is 0 Å². The van der Waals surface area contributed by atoms with Crippen LogP contribution < -0.4 is 0 Å². The minimum Gasteiger partial charge on any atom is -0.206 e. The first-order valence-corrected chi connectivity index (χ1v) is 5.75. The third-order valence-corrected chi connectivity index (χ3v) is 2.80. The Morgan fingerprint density at radius 2 is 1.59 bits per heavy atom. The van der Waals surface area contributed by atoms with Gasteiger partial charge in [0.1, 0.15) is 5.82 Å². The molecule has 0 N–H and O–H groups in total. The fraction of sp³-hybridized carbons (Fsp3) is 0.125. The van der Waals surface area contributed by atoms with E-state index in [2.05, 4.69) is 19.1 Å². The molecule has 1 heteroatoms. The molecule has 0 radical (unpaired) electrons. The Labute approximate surface area is 101 Å². The molecular weight excluding hydrogens is 211 g/mol. The molecule has 0 aliphatic heterocycles. The molecule has 0 fully saturated rings. The van der Waals surface area contributed by atoms with Gasteiger partial charge in [-0.05, 0) is 17.5 Å². The zero-order chi connectivity index (χ0) is 12.1. The van der Waals surface area contributed by atoms with Crippen molar-refractivity contribution in [3.63, 3.8) is 0 Å². The lowest BCUT2D eigenvalue weighted by atomic mass is 10.00. The van der Waals surface area contributed by atoms with E-state index in [-0.39, 0.29) is 11.7 Å². The smallest absolute Gasteiger partial charge is 0.130 e. The van der Waals surface area contributed by atoms with E-state index in [0.717, 1.165) is 0 Å². The molecule has 86 valence electrons. The van der Waals surface area contributed by atoms with E-state index < -0.39 is 0 Å². The van der Waals surface area contributed by atoms with Crippen LogP contribution in [0.3, 0.4) is 0 Å². The van der Waals surface area contributed by atoms with E-state index >= 15 is 0 Å². The zero-order valence-electron chi connectivity index (χ0n) is 9.81. The van der Waals surface area contributed by atoms with Crippen LogP contribution in [0, 0.1) is 5.82 Å². The Morgan fingerprint density at radius 3 is 2.29 bits per heavy atom. The van der Waals surface area contributed by atoms with Gasteiger partial charge in [-0.2, -0.15) is 0 Å². The maximum absolute atomic E-state index is 13.4. The number of allylic oxidation sites excluding steroid dienone is 1. The second kappa shape index (κ2) is 5.44. The van der Waals surface area contributed by atoms with E-state index in [1.807, 2.05) is 36.4 Å². The van der Waals surface area contributed by atoms with Gasteiger partial charge < -0.3 is 0 Å². The molecular formula is C16H15F. The lowest BCUT2D eigenvalue weighted by Crippen LogP contribution is -1.88. The van der Waals surface area contributed by atoms with E-state index in [9.17, 15) is 4.39 Å². The first kappa shape index (κ1) is 11.6. The van der Waals surface area contributed by atoms with Crippen molar-refractivity contribution in [2.45, 2.75) is 12.8 Å². The highest BCUT2D eigenvalue weighted by molar-refractivity contribution is 5.51. The van der Waals surface area contributed by atoms with Crippen LogP contribution in [0.25, 0.3) is 6.08 Å². The van der Waals surface area contributed by atoms with Crippen molar-refractivity contribution in [3.8, 4) is 0 Å². The van der Waals surface area contributed by atoms with Crippen LogP contribution in [0.4, 0.5) is 4.39 Å². The van der Waals surface area contributed by atoms with Gasteiger partial charge in [0.15, 0.2) is 0 Å². The zero-order valence-corrected chi connectivity index (χ0v) is 9.81. The maximum Gasteiger partial charge on any atom is 0.130 e. The summed E-state index contributed by atoms with van der Waals surface area (Å²) >= 11 is 0. The third kappa shape index (κ3) is 3.04. The first-order chi connectivity index (χ1) is 8.27. The average Bonchev–Trinajstić information content (AvgIpc) is 2.38. The molecule has 0 heterocycles. The Hall–Kier alpha value is -1.89. The predicted octanol–water partition coefficient (Wildman–Crippen LogP) is 4.64. The maximum atomic E-state index is 13.4. The highest BCUT2D eigenvalue weighted by Crippen LogP contribution is 2.18. The average molecular weight is 226 g/mol. The van der Waals surface area contributed by atoms with E-state index in [4.69, 9.17) is 0 Å². The topological polar surface area (TPSA) is 0 Å². The quantitative estimate of drug-likeness (QED) is 0.715. The summed E-state index contributed by atoms with van der Waals surface area (Å²) < 4.78 is 13.4. The molecule has 0 saturated carbocycles. The lowest BCUT2D eigenvalue weighted by Gasteiger charge is -2.06. The second-order valence-corrected chi connectivity index (χ2v) is 4.08. The summed E-state index contributed by atoms with van der Waals surface area (Å²) in [6, 6.07) is 17.0. The van der Waals surface area contributed by atoms with Crippen molar-refractivity contribution in [2.24, 2.45) is 0 Å². The minimum atomic E-state index is -0.177. The van der Waals surface area contributed by atoms with Gasteiger partial charge in [0.2, 0.25) is 0 Å². The fourth-order valence-electron chi connectivity index (χ4n) is 1.73. The molecule has 1 atom stereocenters. The summed E-state index contributed by atoms with van der Waals surface area (Å²) in [4.78, 5) is 0. The number of rotatable bonds is 3. The van der Waals surface area contributed by atoms with E-state index in [1.165, 1.54) is 11.6 Å². The Morgan fingerprint density at radius 1 is 0.941 bits per heavy atom. The summed E-state index contributed by atoms with van der Waals surface area (Å²) in [6.45, 7) is 2.10. The largest absolute Gasteiger partial charge is 0.206 e. The van der Waals surface area contributed by atoms with Gasteiger partial charge in [0.25, 0.3) is 0 Å². The van der Waals surface area contributed by atoms with Crippen LogP contribution in [-0.2, 0) is 0 Å². The van der Waals surface area contributed by atoms with Crippen molar-refractivity contribution < 1.29 is 4.39 Å². The summed E-state index contributed by atoms with van der Waals surface area (Å²) in [5.41, 5.74) is 1.87. The van der Waals surface area contributed by atoms with Crippen LogP contribution >= 0.6 is 0 Å². The van der Waals surface area contributed by atoms with Gasteiger partial charge >= 0.3 is 0 Å². The van der Waals surface area contributed by atoms with Crippen molar-refractivity contribution >= 4 is 6.08 Å². The molecule has 0 aliphatic carbocycles. The molecule has 0 saturated heterocycles. The summed E-state index contributed by atoms with van der Waals surface area (Å²) in [6.07, 6.45) is 3.86. The predicted molar refractivity (Wildman–Crippen MR) is 70.3 cm³/mol. The normalized spacial score (nSPS) is 12.8. The SMILES string of the molecule is CC(C=Cc1ccccc1F)c1ccccc1. The molecule has 2 aromatic carbocycles. The highest BCUT2D eigenvalue weighted by Gasteiger charge is 2.00. The molecule has 2 aromatic rings. The van der Waals surface area contributed by atoms with Crippen molar-refractivity contribution in [1.82, 2.24) is 0 Å². The van der Waals surface area contributed by atoms with Gasteiger partial charge in [0, 0.05) is 5.56 Å².